The van der Waals surface area contributed by atoms with Gasteiger partial charge in [-0.05, 0) is 36.6 Å². The van der Waals surface area contributed by atoms with Gasteiger partial charge in [0.05, 0.1) is 0 Å². The zero-order chi connectivity index (χ0) is 17.5. The van der Waals surface area contributed by atoms with Crippen LogP contribution >= 0.6 is 0 Å². The maximum Gasteiger partial charge on any atom is 0.132 e. The minimum atomic E-state index is -0.230. The van der Waals surface area contributed by atoms with E-state index in [0.29, 0.717) is 12.4 Å². The number of halogens is 1. The Hall–Kier alpha value is -2.95. The summed E-state index contributed by atoms with van der Waals surface area (Å²) in [5.74, 6) is 2.02. The molecular weight excluding hydrogens is 315 g/mol. The van der Waals surface area contributed by atoms with Crippen molar-refractivity contribution in [2.75, 3.05) is 17.2 Å². The first kappa shape index (κ1) is 16.9. The van der Waals surface area contributed by atoms with Crippen LogP contribution in [0.5, 0.6) is 0 Å². The van der Waals surface area contributed by atoms with E-state index in [1.807, 2.05) is 31.2 Å². The summed E-state index contributed by atoms with van der Waals surface area (Å²) in [4.78, 5) is 8.82. The fourth-order valence-electron chi connectivity index (χ4n) is 2.52. The summed E-state index contributed by atoms with van der Waals surface area (Å²) in [5, 5.41) is 6.60. The number of nitrogens with zero attached hydrogens (tertiary/aromatic N) is 2. The second-order valence-electron chi connectivity index (χ2n) is 5.83. The molecule has 2 aromatic carbocycles. The first-order valence-electron chi connectivity index (χ1n) is 8.31. The predicted molar refractivity (Wildman–Crippen MR) is 99.1 cm³/mol. The Balaban J connectivity index is 1.57. The van der Waals surface area contributed by atoms with Crippen molar-refractivity contribution in [2.45, 2.75) is 19.9 Å². The van der Waals surface area contributed by atoms with Crippen LogP contribution in [0.4, 0.5) is 16.0 Å². The van der Waals surface area contributed by atoms with Crippen LogP contribution < -0.4 is 10.6 Å². The van der Waals surface area contributed by atoms with Gasteiger partial charge in [-0.3, -0.25) is 0 Å². The molecule has 0 radical (unpaired) electrons. The fraction of sp³-hybridized carbons (Fsp3) is 0.200. The van der Waals surface area contributed by atoms with Crippen molar-refractivity contribution in [3.05, 3.63) is 83.4 Å². The lowest BCUT2D eigenvalue weighted by molar-refractivity contribution is 0.627. The Labute approximate surface area is 147 Å². The van der Waals surface area contributed by atoms with Crippen LogP contribution in [0, 0.1) is 12.7 Å². The van der Waals surface area contributed by atoms with E-state index in [0.717, 1.165) is 30.2 Å². The number of aryl methyl sites for hydroxylation is 1. The Bertz CT molecular complexity index is 804. The van der Waals surface area contributed by atoms with Gasteiger partial charge in [-0.2, -0.15) is 0 Å². The molecule has 2 N–H and O–H groups in total. The molecule has 0 atom stereocenters. The minimum absolute atomic E-state index is 0.230. The average molecular weight is 336 g/mol. The van der Waals surface area contributed by atoms with Gasteiger partial charge in [-0.1, -0.05) is 42.5 Å². The fourth-order valence-corrected chi connectivity index (χ4v) is 2.52. The standard InChI is InChI=1S/C20H21FN4/c1-15-24-19(22-12-11-16-5-3-2-4-6-16)13-20(25-15)23-14-17-7-9-18(21)10-8-17/h2-10,13H,11-12,14H2,1H3,(H2,22,23,24,25). The van der Waals surface area contributed by atoms with Gasteiger partial charge in [0.2, 0.25) is 0 Å². The summed E-state index contributed by atoms with van der Waals surface area (Å²) in [7, 11) is 0. The summed E-state index contributed by atoms with van der Waals surface area (Å²) in [6.45, 7) is 3.25. The molecule has 5 heteroatoms. The Morgan fingerprint density at radius 1 is 0.840 bits per heavy atom. The summed E-state index contributed by atoms with van der Waals surface area (Å²) < 4.78 is 12.9. The van der Waals surface area contributed by atoms with Crippen LogP contribution in [0.15, 0.2) is 60.7 Å². The molecule has 0 saturated heterocycles. The van der Waals surface area contributed by atoms with E-state index in [-0.39, 0.29) is 5.82 Å². The molecule has 0 fully saturated rings. The second kappa shape index (κ2) is 8.24. The minimum Gasteiger partial charge on any atom is -0.370 e. The third-order valence-electron chi connectivity index (χ3n) is 3.79. The van der Waals surface area contributed by atoms with E-state index in [4.69, 9.17) is 0 Å². The highest BCUT2D eigenvalue weighted by molar-refractivity contribution is 5.48. The molecule has 0 aliphatic carbocycles. The zero-order valence-electron chi connectivity index (χ0n) is 14.2. The van der Waals surface area contributed by atoms with Crippen molar-refractivity contribution < 1.29 is 4.39 Å². The van der Waals surface area contributed by atoms with Crippen LogP contribution in [-0.4, -0.2) is 16.5 Å². The molecule has 0 spiro atoms. The van der Waals surface area contributed by atoms with E-state index in [1.54, 1.807) is 12.1 Å². The molecule has 128 valence electrons. The summed E-state index contributed by atoms with van der Waals surface area (Å²) in [6, 6.07) is 18.7. The Kier molecular flexibility index (Phi) is 5.57. The average Bonchev–Trinajstić information content (AvgIpc) is 2.62. The molecule has 1 aromatic heterocycles. The number of hydrogen-bond acceptors (Lipinski definition) is 4. The third kappa shape index (κ3) is 5.28. The molecule has 0 unspecified atom stereocenters. The van der Waals surface area contributed by atoms with Crippen molar-refractivity contribution in [3.63, 3.8) is 0 Å². The monoisotopic (exact) mass is 336 g/mol. The van der Waals surface area contributed by atoms with Gasteiger partial charge in [-0.25, -0.2) is 14.4 Å². The zero-order valence-corrected chi connectivity index (χ0v) is 14.2. The van der Waals surface area contributed by atoms with Gasteiger partial charge < -0.3 is 10.6 Å². The topological polar surface area (TPSA) is 49.8 Å². The lowest BCUT2D eigenvalue weighted by Crippen LogP contribution is -2.09. The maximum atomic E-state index is 12.9. The van der Waals surface area contributed by atoms with Gasteiger partial charge in [-0.15, -0.1) is 0 Å². The van der Waals surface area contributed by atoms with E-state index < -0.39 is 0 Å². The van der Waals surface area contributed by atoms with Gasteiger partial charge in [0.25, 0.3) is 0 Å². The highest BCUT2D eigenvalue weighted by Gasteiger charge is 2.02. The van der Waals surface area contributed by atoms with Gasteiger partial charge in [0.15, 0.2) is 0 Å². The van der Waals surface area contributed by atoms with Crippen LogP contribution in [0.3, 0.4) is 0 Å². The predicted octanol–water partition coefficient (Wildman–Crippen LogP) is 4.19. The van der Waals surface area contributed by atoms with Crippen molar-refractivity contribution in [2.24, 2.45) is 0 Å². The van der Waals surface area contributed by atoms with Crippen LogP contribution in [0.2, 0.25) is 0 Å². The first-order chi connectivity index (χ1) is 12.2. The molecule has 4 nitrogen and oxygen atoms in total. The SMILES string of the molecule is Cc1nc(NCCc2ccccc2)cc(NCc2ccc(F)cc2)n1. The van der Waals surface area contributed by atoms with E-state index >= 15 is 0 Å². The number of rotatable bonds is 7. The van der Waals surface area contributed by atoms with Gasteiger partial charge in [0, 0.05) is 19.2 Å². The molecule has 1 heterocycles. The largest absolute Gasteiger partial charge is 0.370 e. The molecule has 0 aliphatic heterocycles. The molecule has 0 aliphatic rings. The number of aromatic nitrogens is 2. The number of nitrogens with one attached hydrogen (secondary N) is 2. The lowest BCUT2D eigenvalue weighted by Gasteiger charge is -2.10. The van der Waals surface area contributed by atoms with Crippen LogP contribution in [0.25, 0.3) is 0 Å². The smallest absolute Gasteiger partial charge is 0.132 e. The van der Waals surface area contributed by atoms with Gasteiger partial charge in [0.1, 0.15) is 23.3 Å². The van der Waals surface area contributed by atoms with Crippen molar-refractivity contribution >= 4 is 11.6 Å². The normalized spacial score (nSPS) is 10.5. The van der Waals surface area contributed by atoms with E-state index in [1.165, 1.54) is 17.7 Å². The quantitative estimate of drug-likeness (QED) is 0.679. The van der Waals surface area contributed by atoms with E-state index in [2.05, 4.69) is 32.7 Å². The number of anilines is 2. The molecular formula is C20H21FN4. The van der Waals surface area contributed by atoms with Crippen LogP contribution in [0.1, 0.15) is 17.0 Å². The lowest BCUT2D eigenvalue weighted by atomic mass is 10.1. The first-order valence-corrected chi connectivity index (χ1v) is 8.31. The maximum absolute atomic E-state index is 12.9. The van der Waals surface area contributed by atoms with Crippen LogP contribution in [-0.2, 0) is 13.0 Å². The number of benzene rings is 2. The highest BCUT2D eigenvalue weighted by Crippen LogP contribution is 2.13. The highest BCUT2D eigenvalue weighted by atomic mass is 19.1. The Morgan fingerprint density at radius 3 is 2.24 bits per heavy atom. The molecule has 3 aromatic rings. The Morgan fingerprint density at radius 2 is 1.52 bits per heavy atom. The van der Waals surface area contributed by atoms with Crippen molar-refractivity contribution in [3.8, 4) is 0 Å². The molecule has 0 amide bonds. The molecule has 25 heavy (non-hydrogen) atoms. The van der Waals surface area contributed by atoms with Gasteiger partial charge >= 0.3 is 0 Å². The third-order valence-corrected chi connectivity index (χ3v) is 3.79. The van der Waals surface area contributed by atoms with E-state index in [9.17, 15) is 4.39 Å². The molecule has 0 bridgehead atoms. The summed E-state index contributed by atoms with van der Waals surface area (Å²) in [6.07, 6.45) is 0.933. The van der Waals surface area contributed by atoms with Crippen molar-refractivity contribution in [1.29, 1.82) is 0 Å². The second-order valence-corrected chi connectivity index (χ2v) is 5.83. The summed E-state index contributed by atoms with van der Waals surface area (Å²) in [5.41, 5.74) is 2.28. The summed E-state index contributed by atoms with van der Waals surface area (Å²) >= 11 is 0. The molecule has 3 rings (SSSR count). The van der Waals surface area contributed by atoms with Crippen molar-refractivity contribution in [1.82, 2.24) is 9.97 Å². The molecule has 0 saturated carbocycles. The number of hydrogen-bond donors (Lipinski definition) is 2.